The van der Waals surface area contributed by atoms with E-state index in [-0.39, 0.29) is 18.7 Å². The van der Waals surface area contributed by atoms with Gasteiger partial charge in [0.25, 0.3) is 0 Å². The third-order valence-electron chi connectivity index (χ3n) is 4.07. The lowest BCUT2D eigenvalue weighted by Crippen LogP contribution is -2.27. The first-order chi connectivity index (χ1) is 11.1. The molecule has 0 saturated heterocycles. The molecule has 0 spiro atoms. The van der Waals surface area contributed by atoms with Crippen molar-refractivity contribution in [1.82, 2.24) is 5.32 Å². The molecule has 0 amide bonds. The van der Waals surface area contributed by atoms with Crippen LogP contribution in [0.2, 0.25) is 0 Å². The molecule has 0 heterocycles. The Bertz CT molecular complexity index is 628. The van der Waals surface area contributed by atoms with Gasteiger partial charge in [0.1, 0.15) is 0 Å². The standard InChI is InChI=1S/C19H25NO3/c1-13-10-18(22-3)19(23-4)11-16(13)14(2)20-17(12-21)15-8-6-5-7-9-15/h5-11,14,17,20-21H,12H2,1-4H3. The minimum atomic E-state index is -0.112. The first-order valence-corrected chi connectivity index (χ1v) is 7.75. The minimum absolute atomic E-state index is 0.0424. The normalized spacial score (nSPS) is 13.4. The summed E-state index contributed by atoms with van der Waals surface area (Å²) in [4.78, 5) is 0. The van der Waals surface area contributed by atoms with E-state index in [1.807, 2.05) is 49.4 Å². The molecule has 2 rings (SSSR count). The molecule has 124 valence electrons. The largest absolute Gasteiger partial charge is 0.493 e. The fraction of sp³-hybridized carbons (Fsp3) is 0.368. The quantitative estimate of drug-likeness (QED) is 0.822. The SMILES string of the molecule is COc1cc(C)c(C(C)NC(CO)c2ccccc2)cc1OC. The number of methoxy groups -OCH3 is 2. The monoisotopic (exact) mass is 315 g/mol. The van der Waals surface area contributed by atoms with Crippen LogP contribution in [-0.2, 0) is 0 Å². The molecule has 0 radical (unpaired) electrons. The third kappa shape index (κ3) is 4.03. The number of hydrogen-bond donors (Lipinski definition) is 2. The van der Waals surface area contributed by atoms with Crippen molar-refractivity contribution in [2.45, 2.75) is 25.9 Å². The summed E-state index contributed by atoms with van der Waals surface area (Å²) in [6.07, 6.45) is 0. The number of ether oxygens (including phenoxy) is 2. The van der Waals surface area contributed by atoms with Crippen molar-refractivity contribution in [2.24, 2.45) is 0 Å². The van der Waals surface area contributed by atoms with Crippen molar-refractivity contribution >= 4 is 0 Å². The average Bonchev–Trinajstić information content (AvgIpc) is 2.59. The molecule has 0 aliphatic heterocycles. The van der Waals surface area contributed by atoms with Crippen LogP contribution < -0.4 is 14.8 Å². The maximum absolute atomic E-state index is 9.72. The predicted molar refractivity (Wildman–Crippen MR) is 92.1 cm³/mol. The smallest absolute Gasteiger partial charge is 0.161 e. The van der Waals surface area contributed by atoms with Gasteiger partial charge >= 0.3 is 0 Å². The number of nitrogens with one attached hydrogen (secondary N) is 1. The van der Waals surface area contributed by atoms with Gasteiger partial charge in [0.05, 0.1) is 26.9 Å². The highest BCUT2D eigenvalue weighted by atomic mass is 16.5. The molecule has 4 heteroatoms. The van der Waals surface area contributed by atoms with E-state index in [0.717, 1.165) is 22.4 Å². The predicted octanol–water partition coefficient (Wildman–Crippen LogP) is 3.40. The van der Waals surface area contributed by atoms with Crippen LogP contribution in [0.1, 0.15) is 35.7 Å². The Morgan fingerprint density at radius 2 is 1.65 bits per heavy atom. The Morgan fingerprint density at radius 1 is 1.04 bits per heavy atom. The molecule has 0 bridgehead atoms. The van der Waals surface area contributed by atoms with Crippen molar-refractivity contribution in [1.29, 1.82) is 0 Å². The van der Waals surface area contributed by atoms with Gasteiger partial charge < -0.3 is 19.9 Å². The van der Waals surface area contributed by atoms with Gasteiger partial charge in [-0.3, -0.25) is 0 Å². The molecule has 0 aromatic heterocycles. The van der Waals surface area contributed by atoms with E-state index in [4.69, 9.17) is 9.47 Å². The van der Waals surface area contributed by atoms with Crippen molar-refractivity contribution in [3.63, 3.8) is 0 Å². The topological polar surface area (TPSA) is 50.7 Å². The Labute approximate surface area is 138 Å². The van der Waals surface area contributed by atoms with Crippen molar-refractivity contribution in [2.75, 3.05) is 20.8 Å². The zero-order chi connectivity index (χ0) is 16.8. The summed E-state index contributed by atoms with van der Waals surface area (Å²) in [5, 5.41) is 13.2. The van der Waals surface area contributed by atoms with E-state index in [1.165, 1.54) is 0 Å². The fourth-order valence-corrected chi connectivity index (χ4v) is 2.79. The van der Waals surface area contributed by atoms with Crippen LogP contribution in [0.5, 0.6) is 11.5 Å². The van der Waals surface area contributed by atoms with E-state index >= 15 is 0 Å². The number of benzene rings is 2. The first-order valence-electron chi connectivity index (χ1n) is 7.75. The third-order valence-corrected chi connectivity index (χ3v) is 4.07. The molecule has 0 fully saturated rings. The average molecular weight is 315 g/mol. The summed E-state index contributed by atoms with van der Waals surface area (Å²) in [5.74, 6) is 1.43. The maximum atomic E-state index is 9.72. The highest BCUT2D eigenvalue weighted by molar-refractivity contribution is 5.48. The molecule has 0 aliphatic carbocycles. The number of aryl methyl sites for hydroxylation is 1. The van der Waals surface area contributed by atoms with Crippen LogP contribution in [0, 0.1) is 6.92 Å². The highest BCUT2D eigenvalue weighted by Gasteiger charge is 2.18. The van der Waals surface area contributed by atoms with E-state index in [0.29, 0.717) is 5.75 Å². The summed E-state index contributed by atoms with van der Waals surface area (Å²) in [6, 6.07) is 13.9. The molecule has 4 nitrogen and oxygen atoms in total. The number of hydrogen-bond acceptors (Lipinski definition) is 4. The van der Waals surface area contributed by atoms with E-state index in [9.17, 15) is 5.11 Å². The fourth-order valence-electron chi connectivity index (χ4n) is 2.79. The lowest BCUT2D eigenvalue weighted by molar-refractivity contribution is 0.235. The molecule has 2 aromatic rings. The lowest BCUT2D eigenvalue weighted by Gasteiger charge is -2.24. The number of aliphatic hydroxyl groups excluding tert-OH is 1. The zero-order valence-electron chi connectivity index (χ0n) is 14.2. The van der Waals surface area contributed by atoms with Gasteiger partial charge in [0.15, 0.2) is 11.5 Å². The Hall–Kier alpha value is -2.04. The lowest BCUT2D eigenvalue weighted by atomic mass is 9.99. The highest BCUT2D eigenvalue weighted by Crippen LogP contribution is 2.33. The van der Waals surface area contributed by atoms with Crippen molar-refractivity contribution in [3.05, 3.63) is 59.2 Å². The summed E-state index contributed by atoms with van der Waals surface area (Å²) in [5.41, 5.74) is 3.31. The van der Waals surface area contributed by atoms with Gasteiger partial charge in [-0.05, 0) is 42.7 Å². The van der Waals surface area contributed by atoms with Gasteiger partial charge in [-0.15, -0.1) is 0 Å². The number of aliphatic hydroxyl groups is 1. The minimum Gasteiger partial charge on any atom is -0.493 e. The van der Waals surface area contributed by atoms with E-state index in [2.05, 4.69) is 12.2 Å². The molecule has 2 aromatic carbocycles. The Balaban J connectivity index is 2.24. The maximum Gasteiger partial charge on any atom is 0.161 e. The van der Waals surface area contributed by atoms with Crippen LogP contribution in [0.4, 0.5) is 0 Å². The summed E-state index contributed by atoms with van der Waals surface area (Å²) >= 11 is 0. The first kappa shape index (κ1) is 17.3. The molecule has 23 heavy (non-hydrogen) atoms. The molecule has 2 atom stereocenters. The van der Waals surface area contributed by atoms with Gasteiger partial charge in [0.2, 0.25) is 0 Å². The van der Waals surface area contributed by atoms with Crippen molar-refractivity contribution < 1.29 is 14.6 Å². The summed E-state index contributed by atoms with van der Waals surface area (Å²) in [6.45, 7) is 4.17. The molecule has 2 N–H and O–H groups in total. The molecule has 0 aliphatic rings. The van der Waals surface area contributed by atoms with Gasteiger partial charge in [-0.1, -0.05) is 30.3 Å². The summed E-state index contributed by atoms with van der Waals surface area (Å²) in [7, 11) is 3.27. The van der Waals surface area contributed by atoms with E-state index < -0.39 is 0 Å². The van der Waals surface area contributed by atoms with Crippen LogP contribution >= 0.6 is 0 Å². The molecule has 2 unspecified atom stereocenters. The van der Waals surface area contributed by atoms with Crippen LogP contribution in [0.15, 0.2) is 42.5 Å². The molecular formula is C19H25NO3. The summed E-state index contributed by atoms with van der Waals surface area (Å²) < 4.78 is 10.7. The van der Waals surface area contributed by atoms with E-state index in [1.54, 1.807) is 14.2 Å². The van der Waals surface area contributed by atoms with Crippen LogP contribution in [-0.4, -0.2) is 25.9 Å². The van der Waals surface area contributed by atoms with Gasteiger partial charge in [0, 0.05) is 6.04 Å². The molecule has 0 saturated carbocycles. The second kappa shape index (κ2) is 7.99. The second-order valence-corrected chi connectivity index (χ2v) is 5.60. The van der Waals surface area contributed by atoms with Gasteiger partial charge in [-0.25, -0.2) is 0 Å². The van der Waals surface area contributed by atoms with Crippen LogP contribution in [0.25, 0.3) is 0 Å². The number of rotatable bonds is 7. The second-order valence-electron chi connectivity index (χ2n) is 5.60. The van der Waals surface area contributed by atoms with Gasteiger partial charge in [-0.2, -0.15) is 0 Å². The van der Waals surface area contributed by atoms with Crippen LogP contribution in [0.3, 0.4) is 0 Å². The Kier molecular flexibility index (Phi) is 6.02. The molecular weight excluding hydrogens is 290 g/mol. The Morgan fingerprint density at radius 3 is 2.22 bits per heavy atom. The van der Waals surface area contributed by atoms with Crippen molar-refractivity contribution in [3.8, 4) is 11.5 Å². The zero-order valence-corrected chi connectivity index (χ0v) is 14.2.